The van der Waals surface area contributed by atoms with E-state index in [1.807, 2.05) is 0 Å². The molecule has 92 valence electrons. The van der Waals surface area contributed by atoms with Crippen LogP contribution in [0.1, 0.15) is 18.4 Å². The normalized spacial score (nSPS) is 16.9. The standard InChI is InChI=1S/C13H18N2O2/c1-10-2-4-11(5-3-10)14-12-6-8-15(9-7-12)13(16)17/h2-5,12,14H,6-9H2,1H3,(H,16,17). The van der Waals surface area contributed by atoms with E-state index < -0.39 is 6.09 Å². The lowest BCUT2D eigenvalue weighted by atomic mass is 10.0. The van der Waals surface area contributed by atoms with Crippen molar-refractivity contribution in [1.82, 2.24) is 4.90 Å². The van der Waals surface area contributed by atoms with Crippen LogP contribution < -0.4 is 5.32 Å². The zero-order valence-corrected chi connectivity index (χ0v) is 10.0. The van der Waals surface area contributed by atoms with E-state index in [-0.39, 0.29) is 0 Å². The first kappa shape index (κ1) is 11.8. The van der Waals surface area contributed by atoms with Gasteiger partial charge in [-0.2, -0.15) is 0 Å². The fourth-order valence-electron chi connectivity index (χ4n) is 2.10. The summed E-state index contributed by atoms with van der Waals surface area (Å²) in [4.78, 5) is 12.2. The zero-order valence-electron chi connectivity index (χ0n) is 10.0. The molecule has 0 radical (unpaired) electrons. The van der Waals surface area contributed by atoms with Crippen molar-refractivity contribution in [3.05, 3.63) is 29.8 Å². The molecule has 1 aliphatic rings. The first-order valence-electron chi connectivity index (χ1n) is 5.96. The lowest BCUT2D eigenvalue weighted by Gasteiger charge is -2.31. The summed E-state index contributed by atoms with van der Waals surface area (Å²) in [5.41, 5.74) is 2.36. The van der Waals surface area contributed by atoms with Crippen LogP contribution in [-0.2, 0) is 0 Å². The Bertz CT molecular complexity index is 381. The molecule has 0 aromatic heterocycles. The number of hydrogen-bond donors (Lipinski definition) is 2. The molecule has 0 aliphatic carbocycles. The van der Waals surface area contributed by atoms with Crippen LogP contribution in [0.5, 0.6) is 0 Å². The number of carboxylic acid groups (broad SMARTS) is 1. The summed E-state index contributed by atoms with van der Waals surface area (Å²) in [6.45, 7) is 3.31. The summed E-state index contributed by atoms with van der Waals surface area (Å²) < 4.78 is 0. The van der Waals surface area contributed by atoms with E-state index in [1.54, 1.807) is 0 Å². The number of likely N-dealkylation sites (tertiary alicyclic amines) is 1. The summed E-state index contributed by atoms with van der Waals surface area (Å²) in [6.07, 6.45) is 0.944. The van der Waals surface area contributed by atoms with Gasteiger partial charge in [0.1, 0.15) is 0 Å². The quantitative estimate of drug-likeness (QED) is 0.826. The Morgan fingerprint density at radius 1 is 1.29 bits per heavy atom. The van der Waals surface area contributed by atoms with Crippen LogP contribution in [0.15, 0.2) is 24.3 Å². The second kappa shape index (κ2) is 5.08. The van der Waals surface area contributed by atoms with Gasteiger partial charge in [0, 0.05) is 24.8 Å². The third kappa shape index (κ3) is 3.12. The second-order valence-electron chi connectivity index (χ2n) is 4.55. The first-order valence-corrected chi connectivity index (χ1v) is 5.96. The smallest absolute Gasteiger partial charge is 0.407 e. The molecule has 4 nitrogen and oxygen atoms in total. The Balaban J connectivity index is 1.85. The minimum atomic E-state index is -0.807. The fourth-order valence-corrected chi connectivity index (χ4v) is 2.10. The van der Waals surface area contributed by atoms with Crippen LogP contribution in [-0.4, -0.2) is 35.2 Å². The molecule has 1 aromatic rings. The summed E-state index contributed by atoms with van der Waals surface area (Å²) in [6, 6.07) is 8.68. The van der Waals surface area contributed by atoms with E-state index in [4.69, 9.17) is 5.11 Å². The van der Waals surface area contributed by atoms with Gasteiger partial charge in [-0.3, -0.25) is 0 Å². The molecule has 0 atom stereocenters. The van der Waals surface area contributed by atoms with Gasteiger partial charge in [-0.1, -0.05) is 17.7 Å². The molecule has 2 rings (SSSR count). The molecule has 2 N–H and O–H groups in total. The summed E-state index contributed by atoms with van der Waals surface area (Å²) in [7, 11) is 0. The summed E-state index contributed by atoms with van der Waals surface area (Å²) >= 11 is 0. The van der Waals surface area contributed by atoms with Crippen molar-refractivity contribution in [3.63, 3.8) is 0 Å². The Kier molecular flexibility index (Phi) is 3.52. The maximum Gasteiger partial charge on any atom is 0.407 e. The minimum absolute atomic E-state index is 0.383. The molecule has 1 saturated heterocycles. The average Bonchev–Trinajstić information content (AvgIpc) is 2.33. The Labute approximate surface area is 101 Å². The molecule has 4 heteroatoms. The van der Waals surface area contributed by atoms with Crippen LogP contribution >= 0.6 is 0 Å². The highest BCUT2D eigenvalue weighted by atomic mass is 16.4. The van der Waals surface area contributed by atoms with Crippen molar-refractivity contribution in [2.45, 2.75) is 25.8 Å². The van der Waals surface area contributed by atoms with Crippen LogP contribution in [0.4, 0.5) is 10.5 Å². The van der Waals surface area contributed by atoms with E-state index in [9.17, 15) is 4.79 Å². The van der Waals surface area contributed by atoms with Gasteiger partial charge in [0.25, 0.3) is 0 Å². The highest BCUT2D eigenvalue weighted by molar-refractivity contribution is 5.65. The second-order valence-corrected chi connectivity index (χ2v) is 4.55. The van der Waals surface area contributed by atoms with Crippen molar-refractivity contribution in [3.8, 4) is 0 Å². The Morgan fingerprint density at radius 3 is 2.41 bits per heavy atom. The predicted molar refractivity (Wildman–Crippen MR) is 67.4 cm³/mol. The van der Waals surface area contributed by atoms with E-state index in [2.05, 4.69) is 36.5 Å². The van der Waals surface area contributed by atoms with Crippen LogP contribution in [0.2, 0.25) is 0 Å². The van der Waals surface area contributed by atoms with Gasteiger partial charge in [-0.15, -0.1) is 0 Å². The number of benzene rings is 1. The number of rotatable bonds is 2. The van der Waals surface area contributed by atoms with Gasteiger partial charge in [-0.05, 0) is 31.9 Å². The molecule has 1 amide bonds. The van der Waals surface area contributed by atoms with Gasteiger partial charge in [0.2, 0.25) is 0 Å². The van der Waals surface area contributed by atoms with Gasteiger partial charge < -0.3 is 15.3 Å². The minimum Gasteiger partial charge on any atom is -0.465 e. The number of nitrogens with zero attached hydrogens (tertiary/aromatic N) is 1. The monoisotopic (exact) mass is 234 g/mol. The predicted octanol–water partition coefficient (Wildman–Crippen LogP) is 2.55. The molecule has 0 unspecified atom stereocenters. The summed E-state index contributed by atoms with van der Waals surface area (Å²) in [5.74, 6) is 0. The van der Waals surface area contributed by atoms with Crippen LogP contribution in [0.25, 0.3) is 0 Å². The van der Waals surface area contributed by atoms with Crippen molar-refractivity contribution in [1.29, 1.82) is 0 Å². The molecule has 17 heavy (non-hydrogen) atoms. The fraction of sp³-hybridized carbons (Fsp3) is 0.462. The molecule has 0 saturated carbocycles. The first-order chi connectivity index (χ1) is 8.15. The number of carbonyl (C=O) groups is 1. The van der Waals surface area contributed by atoms with E-state index in [1.165, 1.54) is 10.5 Å². The molecule has 1 aliphatic heterocycles. The van der Waals surface area contributed by atoms with E-state index in [0.717, 1.165) is 18.5 Å². The third-order valence-electron chi connectivity index (χ3n) is 3.19. The Morgan fingerprint density at radius 2 is 1.88 bits per heavy atom. The zero-order chi connectivity index (χ0) is 12.3. The van der Waals surface area contributed by atoms with Crippen LogP contribution in [0.3, 0.4) is 0 Å². The Hall–Kier alpha value is -1.71. The number of nitrogens with one attached hydrogen (secondary N) is 1. The van der Waals surface area contributed by atoms with E-state index >= 15 is 0 Å². The third-order valence-corrected chi connectivity index (χ3v) is 3.19. The van der Waals surface area contributed by atoms with Gasteiger partial charge >= 0.3 is 6.09 Å². The van der Waals surface area contributed by atoms with Gasteiger partial charge in [0.05, 0.1) is 0 Å². The van der Waals surface area contributed by atoms with Gasteiger partial charge in [-0.25, -0.2) is 4.79 Å². The number of amides is 1. The number of aryl methyl sites for hydroxylation is 1. The average molecular weight is 234 g/mol. The SMILES string of the molecule is Cc1ccc(NC2CCN(C(=O)O)CC2)cc1. The molecular weight excluding hydrogens is 216 g/mol. The van der Waals surface area contributed by atoms with Crippen molar-refractivity contribution in [2.24, 2.45) is 0 Å². The maximum atomic E-state index is 10.8. The topological polar surface area (TPSA) is 52.6 Å². The lowest BCUT2D eigenvalue weighted by molar-refractivity contribution is 0.134. The maximum absolute atomic E-state index is 10.8. The largest absolute Gasteiger partial charge is 0.465 e. The molecule has 1 aromatic carbocycles. The highest BCUT2D eigenvalue weighted by Crippen LogP contribution is 2.17. The van der Waals surface area contributed by atoms with Gasteiger partial charge in [0.15, 0.2) is 0 Å². The van der Waals surface area contributed by atoms with Crippen molar-refractivity contribution in [2.75, 3.05) is 18.4 Å². The molecule has 0 spiro atoms. The summed E-state index contributed by atoms with van der Waals surface area (Å²) in [5, 5.41) is 12.3. The molecular formula is C13H18N2O2. The lowest BCUT2D eigenvalue weighted by Crippen LogP contribution is -2.41. The molecule has 1 fully saturated rings. The van der Waals surface area contributed by atoms with E-state index in [0.29, 0.717) is 19.1 Å². The van der Waals surface area contributed by atoms with Crippen molar-refractivity contribution >= 4 is 11.8 Å². The highest BCUT2D eigenvalue weighted by Gasteiger charge is 2.21. The number of anilines is 1. The molecule has 0 bridgehead atoms. The number of hydrogen-bond acceptors (Lipinski definition) is 2. The number of piperidine rings is 1. The van der Waals surface area contributed by atoms with Crippen molar-refractivity contribution < 1.29 is 9.90 Å². The van der Waals surface area contributed by atoms with Crippen LogP contribution in [0, 0.1) is 6.92 Å². The molecule has 1 heterocycles.